The first-order valence-corrected chi connectivity index (χ1v) is 9.18. The highest BCUT2D eigenvalue weighted by molar-refractivity contribution is 7.21. The van der Waals surface area contributed by atoms with Crippen molar-refractivity contribution in [2.24, 2.45) is 0 Å². The molecule has 0 aliphatic heterocycles. The van der Waals surface area contributed by atoms with E-state index in [1.54, 1.807) is 18.2 Å². The van der Waals surface area contributed by atoms with E-state index in [0.717, 1.165) is 10.8 Å². The Balaban J connectivity index is 1.95. The normalized spacial score (nSPS) is 10.7. The van der Waals surface area contributed by atoms with Crippen LogP contribution in [0.5, 0.6) is 5.75 Å². The minimum Gasteiger partial charge on any atom is -0.491 e. The number of ether oxygens (including phenoxy) is 2. The highest BCUT2D eigenvalue weighted by atomic mass is 35.5. The van der Waals surface area contributed by atoms with Crippen molar-refractivity contribution in [1.82, 2.24) is 0 Å². The molecule has 0 spiro atoms. The number of amides is 1. The first-order chi connectivity index (χ1) is 12.9. The van der Waals surface area contributed by atoms with Gasteiger partial charge >= 0.3 is 5.97 Å². The van der Waals surface area contributed by atoms with Crippen molar-refractivity contribution >= 4 is 50.6 Å². The summed E-state index contributed by atoms with van der Waals surface area (Å²) in [7, 11) is 1.31. The van der Waals surface area contributed by atoms with Crippen molar-refractivity contribution in [3.05, 3.63) is 57.7 Å². The number of fused-ring (bicyclic) bond motifs is 1. The summed E-state index contributed by atoms with van der Waals surface area (Å²) in [6.07, 6.45) is 0. The standard InChI is InChI=1S/C19H15ClFNO4S/c1-3-26-16-12-9-11(5-7-15(12)27-17(16)19(24)25-2)22-18(23)10-4-6-14(21)13(20)8-10/h4-9H,3H2,1-2H3,(H,22,23). The molecule has 1 heterocycles. The summed E-state index contributed by atoms with van der Waals surface area (Å²) >= 11 is 6.98. The van der Waals surface area contributed by atoms with Gasteiger partial charge < -0.3 is 14.8 Å². The molecule has 0 saturated heterocycles. The topological polar surface area (TPSA) is 64.6 Å². The Morgan fingerprint density at radius 3 is 2.67 bits per heavy atom. The van der Waals surface area contributed by atoms with Gasteiger partial charge in [-0.05, 0) is 43.3 Å². The molecule has 0 atom stereocenters. The van der Waals surface area contributed by atoms with Gasteiger partial charge in [0.1, 0.15) is 5.82 Å². The molecule has 0 bridgehead atoms. The molecule has 1 N–H and O–H groups in total. The van der Waals surface area contributed by atoms with Gasteiger partial charge in [0.25, 0.3) is 5.91 Å². The maximum atomic E-state index is 13.3. The van der Waals surface area contributed by atoms with Gasteiger partial charge in [-0.15, -0.1) is 11.3 Å². The number of hydrogen-bond donors (Lipinski definition) is 1. The van der Waals surface area contributed by atoms with Crippen LogP contribution in [-0.4, -0.2) is 25.6 Å². The third-order valence-electron chi connectivity index (χ3n) is 3.74. The Hall–Kier alpha value is -2.64. The number of rotatable bonds is 5. The van der Waals surface area contributed by atoms with Gasteiger partial charge in [-0.2, -0.15) is 0 Å². The lowest BCUT2D eigenvalue weighted by atomic mass is 10.2. The SMILES string of the molecule is CCOc1c(C(=O)OC)sc2ccc(NC(=O)c3ccc(F)c(Cl)c3)cc12. The Morgan fingerprint density at radius 1 is 1.22 bits per heavy atom. The number of methoxy groups -OCH3 is 1. The smallest absolute Gasteiger partial charge is 0.351 e. The lowest BCUT2D eigenvalue weighted by molar-refractivity contribution is 0.0602. The Kier molecular flexibility index (Phi) is 5.62. The van der Waals surface area contributed by atoms with Gasteiger partial charge in [-0.3, -0.25) is 4.79 Å². The predicted molar refractivity (Wildman–Crippen MR) is 104 cm³/mol. The Morgan fingerprint density at radius 2 is 2.00 bits per heavy atom. The number of carbonyl (C=O) groups is 2. The maximum Gasteiger partial charge on any atom is 0.351 e. The zero-order valence-corrected chi connectivity index (χ0v) is 16.0. The highest BCUT2D eigenvalue weighted by Gasteiger charge is 2.21. The van der Waals surface area contributed by atoms with Crippen LogP contribution >= 0.6 is 22.9 Å². The van der Waals surface area contributed by atoms with Crippen molar-refractivity contribution in [2.75, 3.05) is 19.0 Å². The van der Waals surface area contributed by atoms with Crippen LogP contribution in [0.3, 0.4) is 0 Å². The third kappa shape index (κ3) is 3.89. The molecule has 0 aliphatic rings. The summed E-state index contributed by atoms with van der Waals surface area (Å²) in [6, 6.07) is 8.94. The van der Waals surface area contributed by atoms with Crippen molar-refractivity contribution in [3.8, 4) is 5.75 Å². The molecule has 0 radical (unpaired) electrons. The van der Waals surface area contributed by atoms with Gasteiger partial charge in [0.2, 0.25) is 0 Å². The number of thiophene rings is 1. The van der Waals surface area contributed by atoms with E-state index >= 15 is 0 Å². The fraction of sp³-hybridized carbons (Fsp3) is 0.158. The van der Waals surface area contributed by atoms with E-state index in [4.69, 9.17) is 21.1 Å². The average molecular weight is 408 g/mol. The van der Waals surface area contributed by atoms with E-state index in [1.165, 1.54) is 30.6 Å². The molecule has 1 amide bonds. The molecular formula is C19H15ClFNO4S. The summed E-state index contributed by atoms with van der Waals surface area (Å²) in [4.78, 5) is 24.7. The minimum absolute atomic E-state index is 0.128. The summed E-state index contributed by atoms with van der Waals surface area (Å²) in [5, 5.41) is 3.30. The van der Waals surface area contributed by atoms with Crippen LogP contribution in [0.1, 0.15) is 27.0 Å². The second-order valence-electron chi connectivity index (χ2n) is 5.48. The van der Waals surface area contributed by atoms with Crippen LogP contribution in [0.4, 0.5) is 10.1 Å². The summed E-state index contributed by atoms with van der Waals surface area (Å²) in [5.74, 6) is -1.08. The van der Waals surface area contributed by atoms with Crippen LogP contribution in [0.2, 0.25) is 5.02 Å². The van der Waals surface area contributed by atoms with Crippen molar-refractivity contribution in [3.63, 3.8) is 0 Å². The van der Waals surface area contributed by atoms with E-state index in [1.807, 2.05) is 6.92 Å². The molecule has 5 nitrogen and oxygen atoms in total. The second-order valence-corrected chi connectivity index (χ2v) is 6.94. The van der Waals surface area contributed by atoms with E-state index in [9.17, 15) is 14.0 Å². The number of halogens is 2. The van der Waals surface area contributed by atoms with Crippen molar-refractivity contribution < 1.29 is 23.5 Å². The highest BCUT2D eigenvalue weighted by Crippen LogP contribution is 2.39. The molecule has 2 aromatic carbocycles. The molecule has 0 fully saturated rings. The fourth-order valence-corrected chi connectivity index (χ4v) is 3.73. The van der Waals surface area contributed by atoms with Crippen LogP contribution in [0.15, 0.2) is 36.4 Å². The second kappa shape index (κ2) is 7.94. The maximum absolute atomic E-state index is 13.3. The van der Waals surface area contributed by atoms with Crippen molar-refractivity contribution in [2.45, 2.75) is 6.92 Å². The van der Waals surface area contributed by atoms with Gasteiger partial charge in [-0.25, -0.2) is 9.18 Å². The molecule has 0 saturated carbocycles. The minimum atomic E-state index is -0.593. The Bertz CT molecular complexity index is 1030. The molecular weight excluding hydrogens is 393 g/mol. The zero-order valence-electron chi connectivity index (χ0n) is 14.5. The average Bonchev–Trinajstić information content (AvgIpc) is 3.01. The van der Waals surface area contributed by atoms with Crippen LogP contribution in [-0.2, 0) is 4.74 Å². The number of hydrogen-bond acceptors (Lipinski definition) is 5. The molecule has 3 aromatic rings. The number of anilines is 1. The van der Waals surface area contributed by atoms with Crippen LogP contribution < -0.4 is 10.1 Å². The molecule has 0 aliphatic carbocycles. The van der Waals surface area contributed by atoms with Gasteiger partial charge in [0.15, 0.2) is 10.6 Å². The van der Waals surface area contributed by atoms with Gasteiger partial charge in [0.05, 0.1) is 18.7 Å². The van der Waals surface area contributed by atoms with E-state index in [-0.39, 0.29) is 10.6 Å². The molecule has 27 heavy (non-hydrogen) atoms. The van der Waals surface area contributed by atoms with Gasteiger partial charge in [0, 0.05) is 21.3 Å². The monoisotopic (exact) mass is 407 g/mol. The predicted octanol–water partition coefficient (Wildman–Crippen LogP) is 5.13. The molecule has 3 rings (SSSR count). The summed E-state index contributed by atoms with van der Waals surface area (Å²) < 4.78 is 24.5. The lowest BCUT2D eigenvalue weighted by Crippen LogP contribution is -2.11. The summed E-state index contributed by atoms with van der Waals surface area (Å²) in [6.45, 7) is 2.19. The van der Waals surface area contributed by atoms with Crippen molar-refractivity contribution in [1.29, 1.82) is 0 Å². The third-order valence-corrected chi connectivity index (χ3v) is 5.16. The molecule has 8 heteroatoms. The number of carbonyl (C=O) groups excluding carboxylic acids is 2. The number of benzene rings is 2. The first-order valence-electron chi connectivity index (χ1n) is 7.98. The Labute approximate surface area is 163 Å². The fourth-order valence-electron chi connectivity index (χ4n) is 2.51. The zero-order chi connectivity index (χ0) is 19.6. The number of nitrogens with one attached hydrogen (secondary N) is 1. The first kappa shape index (κ1) is 19.1. The van der Waals surface area contributed by atoms with Gasteiger partial charge in [-0.1, -0.05) is 11.6 Å². The van der Waals surface area contributed by atoms with E-state index in [2.05, 4.69) is 5.32 Å². The van der Waals surface area contributed by atoms with E-state index in [0.29, 0.717) is 28.3 Å². The summed E-state index contributed by atoms with van der Waals surface area (Å²) in [5.41, 5.74) is 0.732. The van der Waals surface area contributed by atoms with Crippen LogP contribution in [0.25, 0.3) is 10.1 Å². The molecule has 1 aromatic heterocycles. The number of esters is 1. The molecule has 0 unspecified atom stereocenters. The largest absolute Gasteiger partial charge is 0.491 e. The lowest BCUT2D eigenvalue weighted by Gasteiger charge is -2.08. The molecule has 140 valence electrons. The quantitative estimate of drug-likeness (QED) is 0.595. The van der Waals surface area contributed by atoms with Crippen LogP contribution in [0, 0.1) is 5.82 Å². The van der Waals surface area contributed by atoms with E-state index < -0.39 is 17.7 Å².